The van der Waals surface area contributed by atoms with Crippen molar-refractivity contribution in [2.75, 3.05) is 0 Å². The highest BCUT2D eigenvalue weighted by Gasteiger charge is 2.38. The van der Waals surface area contributed by atoms with Crippen molar-refractivity contribution < 1.29 is 0 Å². The smallest absolute Gasteiger partial charge is 0.0204 e. The molecular weight excluding hydrogens is 290 g/mol. The molecule has 0 bridgehead atoms. The molecular formula is C23H31N. The molecule has 0 radical (unpaired) electrons. The van der Waals surface area contributed by atoms with Crippen molar-refractivity contribution >= 4 is 0 Å². The maximum absolute atomic E-state index is 3.74. The minimum Gasteiger partial charge on any atom is -0.312 e. The zero-order chi connectivity index (χ0) is 17.2. The van der Waals surface area contributed by atoms with E-state index in [0.29, 0.717) is 12.1 Å². The predicted octanol–water partition coefficient (Wildman–Crippen LogP) is 5.53. The molecule has 0 saturated heterocycles. The number of aryl methyl sites for hydroxylation is 2. The lowest BCUT2D eigenvalue weighted by Crippen LogP contribution is -2.42. The van der Waals surface area contributed by atoms with E-state index in [1.165, 1.54) is 47.9 Å². The first kappa shape index (κ1) is 17.2. The molecule has 0 aliphatic heterocycles. The van der Waals surface area contributed by atoms with E-state index in [1.54, 1.807) is 0 Å². The number of nitrogens with one attached hydrogen (secondary N) is 1. The van der Waals surface area contributed by atoms with E-state index in [1.807, 2.05) is 0 Å². The van der Waals surface area contributed by atoms with Gasteiger partial charge in [-0.1, -0.05) is 73.5 Å². The third-order valence-electron chi connectivity index (χ3n) is 5.62. The van der Waals surface area contributed by atoms with E-state index in [9.17, 15) is 0 Å². The van der Waals surface area contributed by atoms with Crippen LogP contribution in [-0.2, 0) is 5.41 Å². The number of benzene rings is 2. The molecule has 0 amide bonds. The number of hydrogen-bond acceptors (Lipinski definition) is 1. The van der Waals surface area contributed by atoms with Crippen molar-refractivity contribution in [3.8, 4) is 0 Å². The highest BCUT2D eigenvalue weighted by atomic mass is 14.9. The molecule has 1 heteroatoms. The van der Waals surface area contributed by atoms with Crippen molar-refractivity contribution in [1.82, 2.24) is 5.32 Å². The molecule has 0 aromatic heterocycles. The van der Waals surface area contributed by atoms with Gasteiger partial charge in [0.15, 0.2) is 0 Å². The van der Waals surface area contributed by atoms with Gasteiger partial charge in [0.1, 0.15) is 0 Å². The molecule has 0 heterocycles. The van der Waals surface area contributed by atoms with Crippen LogP contribution in [0.2, 0.25) is 0 Å². The summed E-state index contributed by atoms with van der Waals surface area (Å²) in [5, 5.41) is 3.74. The van der Waals surface area contributed by atoms with Crippen LogP contribution in [-0.4, -0.2) is 12.1 Å². The van der Waals surface area contributed by atoms with Crippen LogP contribution >= 0.6 is 0 Å². The second-order valence-electron chi connectivity index (χ2n) is 7.91. The van der Waals surface area contributed by atoms with Crippen LogP contribution in [0.5, 0.6) is 0 Å². The molecule has 1 fully saturated rings. The Kier molecular flexibility index (Phi) is 5.10. The lowest BCUT2D eigenvalue weighted by molar-refractivity contribution is 0.272. The fourth-order valence-corrected chi connectivity index (χ4v) is 4.24. The van der Waals surface area contributed by atoms with Gasteiger partial charge >= 0.3 is 0 Å². The Labute approximate surface area is 147 Å². The first-order chi connectivity index (χ1) is 11.5. The Balaban J connectivity index is 1.93. The molecule has 1 saturated carbocycles. The minimum atomic E-state index is 0.177. The molecule has 1 aliphatic rings. The Hall–Kier alpha value is -1.60. The van der Waals surface area contributed by atoms with Crippen molar-refractivity contribution in [3.63, 3.8) is 0 Å². The van der Waals surface area contributed by atoms with Crippen molar-refractivity contribution in [3.05, 3.63) is 70.8 Å². The monoisotopic (exact) mass is 321 g/mol. The maximum Gasteiger partial charge on any atom is 0.0204 e. The Morgan fingerprint density at radius 2 is 1.21 bits per heavy atom. The molecule has 2 aromatic rings. The normalized spacial score (nSPS) is 18.0. The second-order valence-corrected chi connectivity index (χ2v) is 7.91. The van der Waals surface area contributed by atoms with Gasteiger partial charge in [-0.15, -0.1) is 0 Å². The summed E-state index contributed by atoms with van der Waals surface area (Å²) >= 11 is 0. The summed E-state index contributed by atoms with van der Waals surface area (Å²) in [6.07, 6.45) is 4.95. The third kappa shape index (κ3) is 3.57. The topological polar surface area (TPSA) is 12.0 Å². The van der Waals surface area contributed by atoms with Gasteiger partial charge in [-0.25, -0.2) is 0 Å². The quantitative estimate of drug-likeness (QED) is 0.780. The summed E-state index contributed by atoms with van der Waals surface area (Å²) in [7, 11) is 0. The van der Waals surface area contributed by atoms with E-state index in [4.69, 9.17) is 0 Å². The molecule has 3 rings (SSSR count). The Morgan fingerprint density at radius 1 is 0.792 bits per heavy atom. The summed E-state index contributed by atoms with van der Waals surface area (Å²) in [6, 6.07) is 19.7. The zero-order valence-corrected chi connectivity index (χ0v) is 15.6. The fraction of sp³-hybridized carbons (Fsp3) is 0.478. The highest BCUT2D eigenvalue weighted by molar-refractivity contribution is 5.42. The fourth-order valence-electron chi connectivity index (χ4n) is 4.24. The summed E-state index contributed by atoms with van der Waals surface area (Å²) in [4.78, 5) is 0. The molecule has 1 nitrogen and oxygen atoms in total. The van der Waals surface area contributed by atoms with Gasteiger partial charge in [0.05, 0.1) is 0 Å². The Bertz CT molecular complexity index is 596. The van der Waals surface area contributed by atoms with Crippen molar-refractivity contribution in [1.29, 1.82) is 0 Å². The van der Waals surface area contributed by atoms with Gasteiger partial charge in [0.25, 0.3) is 0 Å². The van der Waals surface area contributed by atoms with Crippen molar-refractivity contribution in [2.24, 2.45) is 0 Å². The van der Waals surface area contributed by atoms with Gasteiger partial charge < -0.3 is 5.32 Å². The zero-order valence-electron chi connectivity index (χ0n) is 15.6. The van der Waals surface area contributed by atoms with Gasteiger partial charge in [0, 0.05) is 17.5 Å². The first-order valence-corrected chi connectivity index (χ1v) is 9.40. The van der Waals surface area contributed by atoms with Crippen LogP contribution in [0.25, 0.3) is 0 Å². The van der Waals surface area contributed by atoms with Crippen LogP contribution in [0.3, 0.4) is 0 Å². The molecule has 0 unspecified atom stereocenters. The van der Waals surface area contributed by atoms with Crippen LogP contribution in [0.15, 0.2) is 48.5 Å². The van der Waals surface area contributed by atoms with E-state index < -0.39 is 0 Å². The predicted molar refractivity (Wildman–Crippen MR) is 104 cm³/mol. The Morgan fingerprint density at radius 3 is 1.58 bits per heavy atom. The summed E-state index contributed by atoms with van der Waals surface area (Å²) in [6.45, 7) is 8.85. The largest absolute Gasteiger partial charge is 0.312 e. The van der Waals surface area contributed by atoms with E-state index in [2.05, 4.69) is 81.5 Å². The van der Waals surface area contributed by atoms with E-state index in [-0.39, 0.29) is 5.41 Å². The van der Waals surface area contributed by atoms with Gasteiger partial charge in [-0.2, -0.15) is 0 Å². The minimum absolute atomic E-state index is 0.177. The molecule has 0 atom stereocenters. The summed E-state index contributed by atoms with van der Waals surface area (Å²) < 4.78 is 0. The maximum atomic E-state index is 3.74. The van der Waals surface area contributed by atoms with E-state index >= 15 is 0 Å². The van der Waals surface area contributed by atoms with E-state index in [0.717, 1.165) is 0 Å². The van der Waals surface area contributed by atoms with Crippen LogP contribution in [0.4, 0.5) is 0 Å². The second kappa shape index (κ2) is 7.11. The third-order valence-corrected chi connectivity index (χ3v) is 5.62. The molecule has 128 valence electrons. The van der Waals surface area contributed by atoms with Gasteiger partial charge in [-0.05, 0) is 50.7 Å². The summed E-state index contributed by atoms with van der Waals surface area (Å²) in [5.41, 5.74) is 5.83. The number of rotatable bonds is 4. The molecule has 24 heavy (non-hydrogen) atoms. The SMILES string of the molecule is Cc1ccc(C2(c3ccc(C)cc3)CCC(NC(C)C)CC2)cc1. The molecule has 2 aromatic carbocycles. The lowest BCUT2D eigenvalue weighted by atomic mass is 9.64. The number of hydrogen-bond donors (Lipinski definition) is 1. The molecule has 0 spiro atoms. The first-order valence-electron chi connectivity index (χ1n) is 9.40. The standard InChI is InChI=1S/C23H31N/c1-17(2)24-22-13-15-23(16-14-22,20-9-5-18(3)6-10-20)21-11-7-19(4)8-12-21/h5-12,17,22,24H,13-16H2,1-4H3. The summed E-state index contributed by atoms with van der Waals surface area (Å²) in [5.74, 6) is 0. The van der Waals surface area contributed by atoms with Crippen LogP contribution in [0.1, 0.15) is 61.8 Å². The van der Waals surface area contributed by atoms with Crippen LogP contribution in [0, 0.1) is 13.8 Å². The lowest BCUT2D eigenvalue weighted by Gasteiger charge is -2.42. The molecule has 1 aliphatic carbocycles. The van der Waals surface area contributed by atoms with Crippen LogP contribution < -0.4 is 5.32 Å². The van der Waals surface area contributed by atoms with Gasteiger partial charge in [-0.3, -0.25) is 0 Å². The average molecular weight is 322 g/mol. The highest BCUT2D eigenvalue weighted by Crippen LogP contribution is 2.45. The molecule has 1 N–H and O–H groups in total. The van der Waals surface area contributed by atoms with Gasteiger partial charge in [0.2, 0.25) is 0 Å². The average Bonchev–Trinajstić information content (AvgIpc) is 2.57. The van der Waals surface area contributed by atoms with Crippen molar-refractivity contribution in [2.45, 2.75) is 70.9 Å².